The lowest BCUT2D eigenvalue weighted by molar-refractivity contribution is 0.661. The molecule has 0 bridgehead atoms. The number of para-hydroxylation sites is 2. The minimum absolute atomic E-state index is 0.187. The summed E-state index contributed by atoms with van der Waals surface area (Å²) in [6.07, 6.45) is 0. The molecule has 6 aromatic carbocycles. The van der Waals surface area contributed by atoms with Gasteiger partial charge in [0.05, 0.1) is 40.3 Å². The number of benzene rings is 6. The lowest BCUT2D eigenvalue weighted by Gasteiger charge is -2.22. The SMILES string of the molecule is [C-]#[N+]c1ccc2c(c1)-c1cc3c4ccccc4n(-c4cccc(-n5c6ccccc6c6cc(C#N)ccc65)c4)c3cc1C2(C)C. The maximum absolute atomic E-state index is 9.60. The predicted molar refractivity (Wildman–Crippen MR) is 184 cm³/mol. The maximum Gasteiger partial charge on any atom is 0.187 e. The van der Waals surface area contributed by atoms with Crippen molar-refractivity contribution in [3.63, 3.8) is 0 Å². The molecule has 45 heavy (non-hydrogen) atoms. The van der Waals surface area contributed by atoms with Crippen molar-refractivity contribution in [1.29, 1.82) is 5.26 Å². The average molecular weight is 575 g/mol. The first-order valence-electron chi connectivity index (χ1n) is 15.1. The Bertz CT molecular complexity index is 2650. The molecule has 0 unspecified atom stereocenters. The second kappa shape index (κ2) is 8.96. The van der Waals surface area contributed by atoms with Gasteiger partial charge in [-0.2, -0.15) is 5.26 Å². The fraction of sp³-hybridized carbons (Fsp3) is 0.0732. The monoisotopic (exact) mass is 574 g/mol. The number of rotatable bonds is 2. The Morgan fingerprint density at radius 1 is 0.578 bits per heavy atom. The molecule has 8 aromatic rings. The Kier molecular flexibility index (Phi) is 5.06. The highest BCUT2D eigenvalue weighted by atomic mass is 15.0. The summed E-state index contributed by atoms with van der Waals surface area (Å²) in [7, 11) is 0. The Balaban J connectivity index is 1.32. The number of aromatic nitrogens is 2. The number of nitrogens with zero attached hydrogens (tertiary/aromatic N) is 4. The first kappa shape index (κ1) is 25.4. The summed E-state index contributed by atoms with van der Waals surface area (Å²) >= 11 is 0. The van der Waals surface area contributed by atoms with Crippen LogP contribution < -0.4 is 0 Å². The van der Waals surface area contributed by atoms with E-state index in [9.17, 15) is 5.26 Å². The fourth-order valence-corrected chi connectivity index (χ4v) is 7.64. The maximum atomic E-state index is 9.60. The lowest BCUT2D eigenvalue weighted by atomic mass is 9.82. The van der Waals surface area contributed by atoms with Crippen LogP contribution in [0.15, 0.2) is 121 Å². The quantitative estimate of drug-likeness (QED) is 0.189. The van der Waals surface area contributed by atoms with Gasteiger partial charge in [-0.05, 0) is 89.0 Å². The molecule has 210 valence electrons. The highest BCUT2D eigenvalue weighted by Gasteiger charge is 2.36. The lowest BCUT2D eigenvalue weighted by Crippen LogP contribution is -2.15. The Morgan fingerprint density at radius 3 is 1.89 bits per heavy atom. The van der Waals surface area contributed by atoms with E-state index in [2.05, 4.69) is 137 Å². The molecule has 0 saturated carbocycles. The molecule has 2 aromatic heterocycles. The van der Waals surface area contributed by atoms with E-state index < -0.39 is 0 Å². The van der Waals surface area contributed by atoms with Gasteiger partial charge in [0.1, 0.15) is 0 Å². The van der Waals surface area contributed by atoms with Crippen molar-refractivity contribution in [2.45, 2.75) is 19.3 Å². The van der Waals surface area contributed by atoms with E-state index in [4.69, 9.17) is 6.57 Å². The van der Waals surface area contributed by atoms with Gasteiger partial charge in [0.25, 0.3) is 0 Å². The highest BCUT2D eigenvalue weighted by Crippen LogP contribution is 2.52. The van der Waals surface area contributed by atoms with Crippen LogP contribution in [0.1, 0.15) is 30.5 Å². The summed E-state index contributed by atoms with van der Waals surface area (Å²) in [6, 6.07) is 44.9. The second-order valence-corrected chi connectivity index (χ2v) is 12.5. The molecule has 1 aliphatic carbocycles. The number of fused-ring (bicyclic) bond motifs is 9. The van der Waals surface area contributed by atoms with Crippen molar-refractivity contribution in [2.24, 2.45) is 0 Å². The van der Waals surface area contributed by atoms with E-state index in [1.807, 2.05) is 18.2 Å². The molecule has 0 fully saturated rings. The van der Waals surface area contributed by atoms with E-state index >= 15 is 0 Å². The van der Waals surface area contributed by atoms with Crippen LogP contribution in [0, 0.1) is 17.9 Å². The largest absolute Gasteiger partial charge is 0.309 e. The normalized spacial score (nSPS) is 13.2. The Hall–Kier alpha value is -6.10. The summed E-state index contributed by atoms with van der Waals surface area (Å²) in [5.41, 5.74) is 12.7. The third-order valence-corrected chi connectivity index (χ3v) is 9.73. The summed E-state index contributed by atoms with van der Waals surface area (Å²) < 4.78 is 4.69. The molecule has 4 nitrogen and oxygen atoms in total. The molecule has 9 rings (SSSR count). The molecular weight excluding hydrogens is 548 g/mol. The van der Waals surface area contributed by atoms with Gasteiger partial charge in [-0.1, -0.05) is 68.4 Å². The number of hydrogen-bond donors (Lipinski definition) is 0. The third kappa shape index (κ3) is 3.40. The third-order valence-electron chi connectivity index (χ3n) is 9.73. The minimum atomic E-state index is -0.187. The van der Waals surface area contributed by atoms with E-state index in [0.717, 1.165) is 44.3 Å². The number of nitriles is 1. The van der Waals surface area contributed by atoms with Crippen molar-refractivity contribution in [3.05, 3.63) is 149 Å². The molecule has 0 aliphatic heterocycles. The summed E-state index contributed by atoms with van der Waals surface area (Å²) in [6.45, 7) is 12.2. The van der Waals surface area contributed by atoms with Gasteiger partial charge in [0.15, 0.2) is 5.69 Å². The zero-order chi connectivity index (χ0) is 30.4. The van der Waals surface area contributed by atoms with Crippen molar-refractivity contribution >= 4 is 49.3 Å². The fourth-order valence-electron chi connectivity index (χ4n) is 7.64. The molecule has 0 radical (unpaired) electrons. The zero-order valence-corrected chi connectivity index (χ0v) is 24.8. The van der Waals surface area contributed by atoms with E-state index in [0.29, 0.717) is 11.3 Å². The molecule has 0 amide bonds. The van der Waals surface area contributed by atoms with E-state index in [-0.39, 0.29) is 5.41 Å². The molecule has 1 aliphatic rings. The first-order chi connectivity index (χ1) is 22.0. The van der Waals surface area contributed by atoms with Crippen molar-refractivity contribution in [3.8, 4) is 28.6 Å². The van der Waals surface area contributed by atoms with Crippen LogP contribution in [-0.2, 0) is 5.41 Å². The molecule has 2 heterocycles. The van der Waals surface area contributed by atoms with Gasteiger partial charge in [-0.25, -0.2) is 4.85 Å². The van der Waals surface area contributed by atoms with Crippen LogP contribution in [0.25, 0.3) is 71.0 Å². The van der Waals surface area contributed by atoms with Gasteiger partial charge in [-0.3, -0.25) is 0 Å². The number of hydrogen-bond acceptors (Lipinski definition) is 1. The van der Waals surface area contributed by atoms with Crippen molar-refractivity contribution < 1.29 is 0 Å². The Morgan fingerprint density at radius 2 is 1.20 bits per heavy atom. The van der Waals surface area contributed by atoms with Gasteiger partial charge in [0, 0.05) is 38.3 Å². The minimum Gasteiger partial charge on any atom is -0.309 e. The smallest absolute Gasteiger partial charge is 0.187 e. The molecule has 0 spiro atoms. The van der Waals surface area contributed by atoms with Gasteiger partial charge in [-0.15, -0.1) is 0 Å². The van der Waals surface area contributed by atoms with Crippen LogP contribution in [0.5, 0.6) is 0 Å². The summed E-state index contributed by atoms with van der Waals surface area (Å²) in [4.78, 5) is 3.73. The van der Waals surface area contributed by atoms with Gasteiger partial charge in [0.2, 0.25) is 0 Å². The van der Waals surface area contributed by atoms with Crippen LogP contribution in [0.4, 0.5) is 5.69 Å². The van der Waals surface area contributed by atoms with Crippen LogP contribution in [0.2, 0.25) is 0 Å². The summed E-state index contributed by atoms with van der Waals surface area (Å²) in [5.74, 6) is 0. The van der Waals surface area contributed by atoms with Crippen LogP contribution >= 0.6 is 0 Å². The van der Waals surface area contributed by atoms with Crippen molar-refractivity contribution in [1.82, 2.24) is 9.13 Å². The molecule has 0 N–H and O–H groups in total. The molecular formula is C41H26N4. The zero-order valence-electron chi connectivity index (χ0n) is 24.8. The van der Waals surface area contributed by atoms with E-state index in [1.54, 1.807) is 0 Å². The first-order valence-corrected chi connectivity index (χ1v) is 15.1. The summed E-state index contributed by atoms with van der Waals surface area (Å²) in [5, 5.41) is 14.2. The van der Waals surface area contributed by atoms with E-state index in [1.165, 1.54) is 33.0 Å². The standard InChI is InChI=1S/C41H26N4/c1-41(2)35-17-16-26(43-3)20-31(35)32-22-34-30-12-5-7-14-38(30)45(40(34)23-36(32)41)28-10-8-9-27(21-28)44-37-13-6-4-11-29(37)33-19-25(24-42)15-18-39(33)44/h4-23H,1-2H3. The second-order valence-electron chi connectivity index (χ2n) is 12.5. The molecule has 0 atom stereocenters. The molecule has 0 saturated heterocycles. The topological polar surface area (TPSA) is 38.0 Å². The van der Waals surface area contributed by atoms with Crippen LogP contribution in [0.3, 0.4) is 0 Å². The highest BCUT2D eigenvalue weighted by molar-refractivity contribution is 6.12. The predicted octanol–water partition coefficient (Wildman–Crippen LogP) is 10.6. The van der Waals surface area contributed by atoms with Gasteiger partial charge < -0.3 is 9.13 Å². The van der Waals surface area contributed by atoms with Gasteiger partial charge >= 0.3 is 0 Å². The Labute approximate surface area is 260 Å². The average Bonchev–Trinajstić information content (AvgIpc) is 3.66. The van der Waals surface area contributed by atoms with Crippen molar-refractivity contribution in [2.75, 3.05) is 0 Å². The molecule has 4 heteroatoms. The van der Waals surface area contributed by atoms with Crippen LogP contribution in [-0.4, -0.2) is 9.13 Å².